The highest BCUT2D eigenvalue weighted by molar-refractivity contribution is 9.10. The standard InChI is InChI=1S/C13H19BrN4O.2ClH/c1-18(2)12-11(7-9(14)8-16-12)13(19)17-10-3-5-15-6-4-10;;/h7-8,10,15H,3-6H2,1-2H3,(H,17,19);2*1H. The molecule has 8 heteroatoms. The van der Waals surface area contributed by atoms with Crippen LogP contribution in [0.4, 0.5) is 5.82 Å². The molecule has 0 aliphatic carbocycles. The number of pyridine rings is 1. The normalized spacial score (nSPS) is 14.6. The van der Waals surface area contributed by atoms with Crippen LogP contribution in [0.2, 0.25) is 0 Å². The molecule has 0 saturated carbocycles. The second-order valence-electron chi connectivity index (χ2n) is 4.92. The Morgan fingerprint density at radius 2 is 2.00 bits per heavy atom. The van der Waals surface area contributed by atoms with E-state index < -0.39 is 0 Å². The Kier molecular flexibility index (Phi) is 9.20. The third-order valence-corrected chi connectivity index (χ3v) is 3.61. The minimum absolute atomic E-state index is 0. The molecule has 0 radical (unpaired) electrons. The molecule has 2 heterocycles. The summed E-state index contributed by atoms with van der Waals surface area (Å²) in [5, 5.41) is 6.38. The van der Waals surface area contributed by atoms with Gasteiger partial charge in [0.2, 0.25) is 0 Å². The number of carbonyl (C=O) groups excluding carboxylic acids is 1. The molecule has 1 aromatic heterocycles. The predicted octanol–water partition coefficient (Wildman–Crippen LogP) is 2.24. The van der Waals surface area contributed by atoms with E-state index in [1.54, 1.807) is 6.20 Å². The van der Waals surface area contributed by atoms with E-state index in [0.717, 1.165) is 30.4 Å². The second kappa shape index (κ2) is 9.46. The molecule has 1 saturated heterocycles. The Balaban J connectivity index is 0.00000200. The van der Waals surface area contributed by atoms with Crippen LogP contribution in [0.15, 0.2) is 16.7 Å². The van der Waals surface area contributed by atoms with Crippen molar-refractivity contribution in [3.05, 3.63) is 22.3 Å². The fourth-order valence-electron chi connectivity index (χ4n) is 2.18. The largest absolute Gasteiger partial charge is 0.362 e. The number of nitrogens with one attached hydrogen (secondary N) is 2. The highest BCUT2D eigenvalue weighted by Crippen LogP contribution is 2.20. The summed E-state index contributed by atoms with van der Waals surface area (Å²) in [5.74, 6) is 0.638. The summed E-state index contributed by atoms with van der Waals surface area (Å²) < 4.78 is 0.813. The molecule has 1 aliphatic rings. The van der Waals surface area contributed by atoms with Crippen molar-refractivity contribution in [3.8, 4) is 0 Å². The zero-order valence-electron chi connectivity index (χ0n) is 12.1. The number of amides is 1. The van der Waals surface area contributed by atoms with Crippen LogP contribution in [0.5, 0.6) is 0 Å². The zero-order chi connectivity index (χ0) is 13.8. The number of nitrogens with zero attached hydrogens (tertiary/aromatic N) is 2. The van der Waals surface area contributed by atoms with E-state index in [0.29, 0.717) is 11.4 Å². The molecule has 5 nitrogen and oxygen atoms in total. The lowest BCUT2D eigenvalue weighted by atomic mass is 10.1. The van der Waals surface area contributed by atoms with Crippen molar-refractivity contribution in [2.24, 2.45) is 0 Å². The van der Waals surface area contributed by atoms with E-state index in [4.69, 9.17) is 0 Å². The first-order valence-electron chi connectivity index (χ1n) is 6.42. The Labute approximate surface area is 146 Å². The molecule has 2 N–H and O–H groups in total. The van der Waals surface area contributed by atoms with Crippen molar-refractivity contribution < 1.29 is 4.79 Å². The van der Waals surface area contributed by atoms with Gasteiger partial charge in [-0.2, -0.15) is 0 Å². The zero-order valence-corrected chi connectivity index (χ0v) is 15.3. The summed E-state index contributed by atoms with van der Waals surface area (Å²) in [4.78, 5) is 18.5. The summed E-state index contributed by atoms with van der Waals surface area (Å²) in [6.07, 6.45) is 3.66. The lowest BCUT2D eigenvalue weighted by Gasteiger charge is -2.24. The number of rotatable bonds is 3. The molecule has 1 aromatic rings. The van der Waals surface area contributed by atoms with Crippen LogP contribution < -0.4 is 15.5 Å². The van der Waals surface area contributed by atoms with Crippen molar-refractivity contribution in [2.75, 3.05) is 32.1 Å². The lowest BCUT2D eigenvalue weighted by Crippen LogP contribution is -2.43. The number of hydrogen-bond donors (Lipinski definition) is 2. The fourth-order valence-corrected chi connectivity index (χ4v) is 2.52. The Hall–Kier alpha value is -0.560. The first-order chi connectivity index (χ1) is 9.08. The Morgan fingerprint density at radius 1 is 1.38 bits per heavy atom. The minimum atomic E-state index is -0.0515. The molecule has 1 aliphatic heterocycles. The summed E-state index contributed by atoms with van der Waals surface area (Å²) in [6, 6.07) is 2.07. The van der Waals surface area contributed by atoms with Gasteiger partial charge in [0.25, 0.3) is 5.91 Å². The second-order valence-corrected chi connectivity index (χ2v) is 5.83. The molecule has 0 atom stereocenters. The monoisotopic (exact) mass is 398 g/mol. The molecular weight excluding hydrogens is 379 g/mol. The maximum absolute atomic E-state index is 12.4. The number of hydrogen-bond acceptors (Lipinski definition) is 4. The number of carbonyl (C=O) groups is 1. The quantitative estimate of drug-likeness (QED) is 0.818. The predicted molar refractivity (Wildman–Crippen MR) is 94.1 cm³/mol. The number of anilines is 1. The van der Waals surface area contributed by atoms with E-state index in [1.165, 1.54) is 0 Å². The molecule has 120 valence electrons. The van der Waals surface area contributed by atoms with Gasteiger partial charge in [0.05, 0.1) is 5.56 Å². The molecule has 1 amide bonds. The smallest absolute Gasteiger partial charge is 0.255 e. The van der Waals surface area contributed by atoms with Gasteiger partial charge in [-0.05, 0) is 47.9 Å². The van der Waals surface area contributed by atoms with Gasteiger partial charge in [-0.25, -0.2) is 4.98 Å². The maximum Gasteiger partial charge on any atom is 0.255 e. The summed E-state index contributed by atoms with van der Waals surface area (Å²) >= 11 is 3.37. The van der Waals surface area contributed by atoms with Gasteiger partial charge in [-0.1, -0.05) is 0 Å². The minimum Gasteiger partial charge on any atom is -0.362 e. The third kappa shape index (κ3) is 5.62. The average Bonchev–Trinajstić information content (AvgIpc) is 2.39. The van der Waals surface area contributed by atoms with Gasteiger partial charge in [-0.15, -0.1) is 24.8 Å². The van der Waals surface area contributed by atoms with Gasteiger partial charge >= 0.3 is 0 Å². The molecule has 1 fully saturated rings. The first kappa shape index (κ1) is 20.4. The first-order valence-corrected chi connectivity index (χ1v) is 7.21. The molecule has 0 unspecified atom stereocenters. The topological polar surface area (TPSA) is 57.3 Å². The molecule has 21 heavy (non-hydrogen) atoms. The average molecular weight is 400 g/mol. The SMILES string of the molecule is CN(C)c1ncc(Br)cc1C(=O)NC1CCNCC1.Cl.Cl. The van der Waals surface area contributed by atoms with Gasteiger partial charge in [-0.3, -0.25) is 4.79 Å². The highest BCUT2D eigenvalue weighted by atomic mass is 79.9. The van der Waals surface area contributed by atoms with Crippen molar-refractivity contribution in [1.82, 2.24) is 15.6 Å². The summed E-state index contributed by atoms with van der Waals surface area (Å²) in [7, 11) is 3.77. The highest BCUT2D eigenvalue weighted by Gasteiger charge is 2.20. The van der Waals surface area contributed by atoms with Gasteiger partial charge in [0, 0.05) is 30.8 Å². The van der Waals surface area contributed by atoms with E-state index in [1.807, 2.05) is 25.1 Å². The fraction of sp³-hybridized carbons (Fsp3) is 0.538. The van der Waals surface area contributed by atoms with E-state index in [9.17, 15) is 4.79 Å². The van der Waals surface area contributed by atoms with Crippen molar-refractivity contribution >= 4 is 52.5 Å². The molecule has 0 spiro atoms. The number of piperidine rings is 1. The molecule has 2 rings (SSSR count). The van der Waals surface area contributed by atoms with E-state index >= 15 is 0 Å². The van der Waals surface area contributed by atoms with Crippen molar-refractivity contribution in [2.45, 2.75) is 18.9 Å². The third-order valence-electron chi connectivity index (χ3n) is 3.18. The summed E-state index contributed by atoms with van der Waals surface area (Å²) in [6.45, 7) is 1.92. The molecule has 0 bridgehead atoms. The van der Waals surface area contributed by atoms with Crippen LogP contribution in [0, 0.1) is 0 Å². The Bertz CT molecular complexity index is 467. The number of aromatic nitrogens is 1. The lowest BCUT2D eigenvalue weighted by molar-refractivity contribution is 0.0929. The van der Waals surface area contributed by atoms with Crippen LogP contribution in [0.1, 0.15) is 23.2 Å². The molecular formula is C13H21BrCl2N4O. The van der Waals surface area contributed by atoms with Gasteiger partial charge < -0.3 is 15.5 Å². The maximum atomic E-state index is 12.4. The van der Waals surface area contributed by atoms with Gasteiger partial charge in [0.1, 0.15) is 5.82 Å². The number of halogens is 3. The van der Waals surface area contributed by atoms with Crippen molar-refractivity contribution in [1.29, 1.82) is 0 Å². The van der Waals surface area contributed by atoms with E-state index in [-0.39, 0.29) is 36.8 Å². The van der Waals surface area contributed by atoms with Crippen LogP contribution in [0.25, 0.3) is 0 Å². The van der Waals surface area contributed by atoms with E-state index in [2.05, 4.69) is 31.5 Å². The summed E-state index contributed by atoms with van der Waals surface area (Å²) in [5.41, 5.74) is 0.609. The Morgan fingerprint density at radius 3 is 2.57 bits per heavy atom. The molecule has 0 aromatic carbocycles. The van der Waals surface area contributed by atoms with Crippen LogP contribution in [-0.2, 0) is 0 Å². The van der Waals surface area contributed by atoms with Gasteiger partial charge in [0.15, 0.2) is 0 Å². The van der Waals surface area contributed by atoms with Crippen LogP contribution in [0.3, 0.4) is 0 Å². The van der Waals surface area contributed by atoms with Crippen LogP contribution in [-0.4, -0.2) is 44.1 Å². The van der Waals surface area contributed by atoms with Crippen molar-refractivity contribution in [3.63, 3.8) is 0 Å². The van der Waals surface area contributed by atoms with Crippen LogP contribution >= 0.6 is 40.7 Å².